The molecule has 0 unspecified atom stereocenters. The molecule has 0 atom stereocenters. The minimum atomic E-state index is -0.946. The van der Waals surface area contributed by atoms with Crippen LogP contribution in [0.4, 0.5) is 0 Å². The quantitative estimate of drug-likeness (QED) is 0.597. The van der Waals surface area contributed by atoms with E-state index in [2.05, 4.69) is 13.0 Å². The highest BCUT2D eigenvalue weighted by molar-refractivity contribution is 5.87. The first-order valence-electron chi connectivity index (χ1n) is 10.1. The van der Waals surface area contributed by atoms with Crippen LogP contribution < -0.4 is 10.3 Å². The van der Waals surface area contributed by atoms with E-state index in [0.717, 1.165) is 29.0 Å². The highest BCUT2D eigenvalue weighted by Crippen LogP contribution is 2.17. The predicted octanol–water partition coefficient (Wildman–Crippen LogP) is 4.55. The second kappa shape index (κ2) is 9.44. The number of pyridine rings is 1. The number of benzene rings is 2. The van der Waals surface area contributed by atoms with Crippen molar-refractivity contribution in [1.82, 2.24) is 4.57 Å². The Labute approximate surface area is 176 Å². The van der Waals surface area contributed by atoms with Crippen molar-refractivity contribution >= 4 is 5.97 Å². The number of hydrogen-bond acceptors (Lipinski definition) is 3. The number of ether oxygens (including phenoxy) is 1. The highest BCUT2D eigenvalue weighted by atomic mass is 16.5. The molecule has 2 aromatic carbocycles. The van der Waals surface area contributed by atoms with Gasteiger partial charge in [0.15, 0.2) is 0 Å². The number of carboxylic acid groups (broad SMARTS) is 1. The van der Waals surface area contributed by atoms with Crippen LogP contribution in [0.3, 0.4) is 0 Å². The Morgan fingerprint density at radius 2 is 1.73 bits per heavy atom. The summed E-state index contributed by atoms with van der Waals surface area (Å²) >= 11 is 0. The van der Waals surface area contributed by atoms with E-state index in [1.165, 1.54) is 5.56 Å². The second-order valence-corrected chi connectivity index (χ2v) is 7.46. The van der Waals surface area contributed by atoms with Crippen molar-refractivity contribution in [1.29, 1.82) is 0 Å². The summed E-state index contributed by atoms with van der Waals surface area (Å²) < 4.78 is 7.80. The van der Waals surface area contributed by atoms with E-state index in [0.29, 0.717) is 25.1 Å². The summed E-state index contributed by atoms with van der Waals surface area (Å²) in [7, 11) is 0. The molecule has 1 aromatic heterocycles. The fraction of sp³-hybridized carbons (Fsp3) is 0.280. The van der Waals surface area contributed by atoms with Crippen molar-refractivity contribution in [3.63, 3.8) is 0 Å². The smallest absolute Gasteiger partial charge is 0.335 e. The molecule has 1 N–H and O–H groups in total. The Morgan fingerprint density at radius 3 is 2.40 bits per heavy atom. The van der Waals surface area contributed by atoms with Crippen molar-refractivity contribution in [2.45, 2.75) is 46.8 Å². The molecule has 0 spiro atoms. The summed E-state index contributed by atoms with van der Waals surface area (Å²) in [5.74, 6) is -0.156. The molecule has 0 fully saturated rings. The maximum absolute atomic E-state index is 12.8. The summed E-state index contributed by atoms with van der Waals surface area (Å²) in [5.41, 5.74) is 4.98. The van der Waals surface area contributed by atoms with Gasteiger partial charge in [-0.15, -0.1) is 0 Å². The molecular formula is C25H27NO4. The van der Waals surface area contributed by atoms with Crippen LogP contribution in [0.2, 0.25) is 0 Å². The molecule has 5 nitrogen and oxygen atoms in total. The standard InChI is InChI=1S/C25H27NO4/c1-4-19-6-5-7-22(15-19)30-16-23-17(2)14-18(3)24(27)26(23)13-12-20-8-10-21(11-9-20)25(28)29/h5-11,14-15H,4,12-13,16H2,1-3H3,(H,28,29). The maximum atomic E-state index is 12.8. The number of rotatable bonds is 8. The fourth-order valence-corrected chi connectivity index (χ4v) is 3.51. The molecule has 3 rings (SSSR count). The monoisotopic (exact) mass is 405 g/mol. The van der Waals surface area contributed by atoms with E-state index in [-0.39, 0.29) is 11.1 Å². The van der Waals surface area contributed by atoms with Gasteiger partial charge in [-0.25, -0.2) is 4.79 Å². The molecule has 0 radical (unpaired) electrons. The number of aromatic nitrogens is 1. The molecule has 0 aliphatic heterocycles. The van der Waals surface area contributed by atoms with Gasteiger partial charge < -0.3 is 14.4 Å². The first kappa shape index (κ1) is 21.4. The Hall–Kier alpha value is -3.34. The second-order valence-electron chi connectivity index (χ2n) is 7.46. The topological polar surface area (TPSA) is 68.5 Å². The maximum Gasteiger partial charge on any atom is 0.335 e. The number of aromatic carboxylic acids is 1. The summed E-state index contributed by atoms with van der Waals surface area (Å²) in [5, 5.41) is 9.04. The summed E-state index contributed by atoms with van der Waals surface area (Å²) in [6, 6.07) is 16.7. The minimum absolute atomic E-state index is 0.0244. The van der Waals surface area contributed by atoms with Gasteiger partial charge in [-0.2, -0.15) is 0 Å². The molecule has 0 amide bonds. The van der Waals surface area contributed by atoms with Crippen LogP contribution >= 0.6 is 0 Å². The van der Waals surface area contributed by atoms with Crippen LogP contribution in [0.1, 0.15) is 45.2 Å². The van der Waals surface area contributed by atoms with Gasteiger partial charge in [-0.1, -0.05) is 31.2 Å². The van der Waals surface area contributed by atoms with Crippen molar-refractivity contribution in [2.75, 3.05) is 0 Å². The Bertz CT molecular complexity index is 1100. The lowest BCUT2D eigenvalue weighted by Crippen LogP contribution is -2.28. The van der Waals surface area contributed by atoms with Gasteiger partial charge in [-0.3, -0.25) is 4.79 Å². The van der Waals surface area contributed by atoms with E-state index in [4.69, 9.17) is 9.84 Å². The molecule has 0 aliphatic carbocycles. The lowest BCUT2D eigenvalue weighted by atomic mass is 10.1. The van der Waals surface area contributed by atoms with Crippen LogP contribution in [0.15, 0.2) is 59.4 Å². The van der Waals surface area contributed by atoms with E-state index in [1.54, 1.807) is 28.8 Å². The molecule has 3 aromatic rings. The zero-order valence-corrected chi connectivity index (χ0v) is 17.6. The van der Waals surface area contributed by atoms with E-state index >= 15 is 0 Å². The van der Waals surface area contributed by atoms with Crippen molar-refractivity contribution < 1.29 is 14.6 Å². The van der Waals surface area contributed by atoms with Gasteiger partial charge in [0, 0.05) is 12.1 Å². The van der Waals surface area contributed by atoms with Crippen molar-refractivity contribution in [3.05, 3.63) is 98.5 Å². The summed E-state index contributed by atoms with van der Waals surface area (Å²) in [4.78, 5) is 23.9. The zero-order valence-electron chi connectivity index (χ0n) is 17.6. The van der Waals surface area contributed by atoms with Crippen LogP contribution in [-0.4, -0.2) is 15.6 Å². The number of nitrogens with zero attached hydrogens (tertiary/aromatic N) is 1. The molecule has 30 heavy (non-hydrogen) atoms. The van der Waals surface area contributed by atoms with Crippen LogP contribution in [0.5, 0.6) is 5.75 Å². The van der Waals surface area contributed by atoms with Crippen LogP contribution in [0, 0.1) is 13.8 Å². The van der Waals surface area contributed by atoms with Crippen molar-refractivity contribution in [3.8, 4) is 5.75 Å². The average molecular weight is 405 g/mol. The highest BCUT2D eigenvalue weighted by Gasteiger charge is 2.12. The molecule has 0 saturated heterocycles. The third-order valence-corrected chi connectivity index (χ3v) is 5.30. The number of aryl methyl sites for hydroxylation is 4. The minimum Gasteiger partial charge on any atom is -0.487 e. The molecule has 5 heteroatoms. The van der Waals surface area contributed by atoms with Crippen molar-refractivity contribution in [2.24, 2.45) is 0 Å². The molecular weight excluding hydrogens is 378 g/mol. The largest absolute Gasteiger partial charge is 0.487 e. The Balaban J connectivity index is 1.82. The Morgan fingerprint density at radius 1 is 1.00 bits per heavy atom. The van der Waals surface area contributed by atoms with Gasteiger partial charge >= 0.3 is 5.97 Å². The summed E-state index contributed by atoms with van der Waals surface area (Å²) in [6.07, 6.45) is 1.56. The first-order chi connectivity index (χ1) is 14.4. The number of carbonyl (C=O) groups is 1. The lowest BCUT2D eigenvalue weighted by Gasteiger charge is -2.18. The SMILES string of the molecule is CCc1cccc(OCc2c(C)cc(C)c(=O)n2CCc2ccc(C(=O)O)cc2)c1. The third-order valence-electron chi connectivity index (χ3n) is 5.30. The van der Waals surface area contributed by atoms with Gasteiger partial charge in [0.25, 0.3) is 5.56 Å². The molecule has 0 saturated carbocycles. The van der Waals surface area contributed by atoms with Gasteiger partial charge in [0.2, 0.25) is 0 Å². The first-order valence-corrected chi connectivity index (χ1v) is 10.1. The number of carboxylic acids is 1. The molecule has 1 heterocycles. The molecule has 0 aliphatic rings. The molecule has 0 bridgehead atoms. The third kappa shape index (κ3) is 4.98. The summed E-state index contributed by atoms with van der Waals surface area (Å²) in [6.45, 7) is 6.73. The van der Waals surface area contributed by atoms with Gasteiger partial charge in [0.05, 0.1) is 11.3 Å². The van der Waals surface area contributed by atoms with Crippen LogP contribution in [-0.2, 0) is 26.0 Å². The van der Waals surface area contributed by atoms with E-state index in [1.807, 2.05) is 38.1 Å². The zero-order chi connectivity index (χ0) is 21.7. The van der Waals surface area contributed by atoms with Gasteiger partial charge in [0.1, 0.15) is 12.4 Å². The van der Waals surface area contributed by atoms with Crippen LogP contribution in [0.25, 0.3) is 0 Å². The molecule has 156 valence electrons. The van der Waals surface area contributed by atoms with E-state index < -0.39 is 5.97 Å². The van der Waals surface area contributed by atoms with E-state index in [9.17, 15) is 9.59 Å². The number of hydrogen-bond donors (Lipinski definition) is 1. The predicted molar refractivity (Wildman–Crippen MR) is 117 cm³/mol. The van der Waals surface area contributed by atoms with Gasteiger partial charge in [-0.05, 0) is 73.7 Å². The Kier molecular flexibility index (Phi) is 6.72. The normalized spacial score (nSPS) is 10.8. The fourth-order valence-electron chi connectivity index (χ4n) is 3.51. The lowest BCUT2D eigenvalue weighted by molar-refractivity contribution is 0.0697. The average Bonchev–Trinajstić information content (AvgIpc) is 2.75.